The van der Waals surface area contributed by atoms with E-state index in [0.29, 0.717) is 11.6 Å². The van der Waals surface area contributed by atoms with E-state index >= 15 is 0 Å². The number of thiazole rings is 1. The third-order valence-electron chi connectivity index (χ3n) is 3.62. The third kappa shape index (κ3) is 2.99. The molecule has 3 nitrogen and oxygen atoms in total. The minimum Gasteiger partial charge on any atom is -0.368 e. The summed E-state index contributed by atoms with van der Waals surface area (Å²) >= 11 is 1.05. The molecule has 20 heavy (non-hydrogen) atoms. The number of nitrogens with zero attached hydrogens (tertiary/aromatic N) is 1. The maximum absolute atomic E-state index is 13.0. The van der Waals surface area contributed by atoms with Gasteiger partial charge in [0, 0.05) is 13.2 Å². The Kier molecular flexibility index (Phi) is 4.71. The first-order valence-corrected chi connectivity index (χ1v) is 7.66. The van der Waals surface area contributed by atoms with Crippen molar-refractivity contribution in [2.45, 2.75) is 57.3 Å². The van der Waals surface area contributed by atoms with E-state index in [4.69, 9.17) is 10.5 Å². The summed E-state index contributed by atoms with van der Waals surface area (Å²) in [5.41, 5.74) is 3.95. The van der Waals surface area contributed by atoms with Gasteiger partial charge in [-0.05, 0) is 19.8 Å². The average Bonchev–Trinajstić information content (AvgIpc) is 2.85. The molecule has 0 saturated heterocycles. The summed E-state index contributed by atoms with van der Waals surface area (Å²) < 4.78 is 44.7. The quantitative estimate of drug-likeness (QED) is 0.920. The van der Waals surface area contributed by atoms with Gasteiger partial charge in [-0.25, -0.2) is 4.98 Å². The largest absolute Gasteiger partial charge is 0.434 e. The fourth-order valence-corrected chi connectivity index (χ4v) is 3.89. The van der Waals surface area contributed by atoms with E-state index in [-0.39, 0.29) is 11.4 Å². The normalized spacial score (nSPS) is 19.2. The van der Waals surface area contributed by atoms with Crippen LogP contribution in [-0.4, -0.2) is 11.6 Å². The lowest BCUT2D eigenvalue weighted by molar-refractivity contribution is -0.142. The van der Waals surface area contributed by atoms with Gasteiger partial charge in [0.05, 0.1) is 4.88 Å². The Bertz CT molecular complexity index is 447. The van der Waals surface area contributed by atoms with Gasteiger partial charge in [0.15, 0.2) is 5.69 Å². The summed E-state index contributed by atoms with van der Waals surface area (Å²) in [6.07, 6.45) is 0.0186. The van der Waals surface area contributed by atoms with E-state index in [9.17, 15) is 13.2 Å². The van der Waals surface area contributed by atoms with Crippen molar-refractivity contribution in [2.24, 2.45) is 5.73 Å². The molecule has 0 amide bonds. The monoisotopic (exact) mass is 308 g/mol. The summed E-state index contributed by atoms with van der Waals surface area (Å²) in [5.74, 6) is 0. The Morgan fingerprint density at radius 3 is 2.40 bits per heavy atom. The van der Waals surface area contributed by atoms with Gasteiger partial charge in [0.2, 0.25) is 0 Å². The molecule has 114 valence electrons. The number of rotatable bonds is 4. The molecule has 1 aliphatic rings. The lowest BCUT2D eigenvalue weighted by Crippen LogP contribution is -2.32. The van der Waals surface area contributed by atoms with Gasteiger partial charge in [0.25, 0.3) is 0 Å². The predicted octanol–water partition coefficient (Wildman–Crippen LogP) is 3.82. The molecule has 0 radical (unpaired) electrons. The molecule has 1 fully saturated rings. The number of alkyl halides is 3. The van der Waals surface area contributed by atoms with Crippen molar-refractivity contribution in [1.29, 1.82) is 0 Å². The Morgan fingerprint density at radius 1 is 1.30 bits per heavy atom. The molecule has 1 heterocycles. The van der Waals surface area contributed by atoms with E-state index in [1.54, 1.807) is 0 Å². The zero-order valence-corrected chi connectivity index (χ0v) is 12.2. The fraction of sp³-hybridized carbons (Fsp3) is 0.769. The van der Waals surface area contributed by atoms with Crippen molar-refractivity contribution in [3.63, 3.8) is 0 Å². The number of halogens is 3. The molecule has 0 bridgehead atoms. The molecule has 0 atom stereocenters. The van der Waals surface area contributed by atoms with Crippen LogP contribution in [0.1, 0.15) is 54.6 Å². The molecule has 1 aromatic heterocycles. The van der Waals surface area contributed by atoms with Gasteiger partial charge >= 0.3 is 6.18 Å². The molecule has 0 aromatic carbocycles. The second kappa shape index (κ2) is 5.99. The van der Waals surface area contributed by atoms with E-state index in [1.807, 2.05) is 6.92 Å². The summed E-state index contributed by atoms with van der Waals surface area (Å²) in [4.78, 5) is 3.95. The van der Waals surface area contributed by atoms with Crippen LogP contribution < -0.4 is 5.73 Å². The highest BCUT2D eigenvalue weighted by Crippen LogP contribution is 2.45. The summed E-state index contributed by atoms with van der Waals surface area (Å²) in [6, 6.07) is 0. The molecular weight excluding hydrogens is 289 g/mol. The predicted molar refractivity (Wildman–Crippen MR) is 71.4 cm³/mol. The molecule has 7 heteroatoms. The smallest absolute Gasteiger partial charge is 0.368 e. The second-order valence-corrected chi connectivity index (χ2v) is 6.06. The highest BCUT2D eigenvalue weighted by atomic mass is 32.1. The molecule has 2 rings (SSSR count). The molecule has 0 unspecified atom stereocenters. The van der Waals surface area contributed by atoms with Crippen molar-refractivity contribution in [1.82, 2.24) is 4.98 Å². The minimum atomic E-state index is -4.45. The number of ether oxygens (including phenoxy) is 1. The van der Waals surface area contributed by atoms with Crippen LogP contribution in [0, 0.1) is 0 Å². The van der Waals surface area contributed by atoms with Crippen molar-refractivity contribution < 1.29 is 17.9 Å². The van der Waals surface area contributed by atoms with Crippen LogP contribution in [0.5, 0.6) is 0 Å². The summed E-state index contributed by atoms with van der Waals surface area (Å²) in [5, 5.41) is 0.437. The highest BCUT2D eigenvalue weighted by Gasteiger charge is 2.43. The van der Waals surface area contributed by atoms with Crippen LogP contribution in [0.2, 0.25) is 0 Å². The van der Waals surface area contributed by atoms with Crippen LogP contribution >= 0.6 is 11.3 Å². The molecular formula is C13H19F3N2OS. The maximum atomic E-state index is 13.0. The molecule has 0 spiro atoms. The van der Waals surface area contributed by atoms with Crippen molar-refractivity contribution in [3.8, 4) is 0 Å². The fourth-order valence-electron chi connectivity index (χ4n) is 2.73. The Labute approximate surface area is 120 Å². The van der Waals surface area contributed by atoms with E-state index in [0.717, 1.165) is 43.4 Å². The second-order valence-electron chi connectivity index (χ2n) is 4.98. The zero-order valence-electron chi connectivity index (χ0n) is 11.4. The van der Waals surface area contributed by atoms with Gasteiger partial charge in [0.1, 0.15) is 10.6 Å². The molecule has 2 N–H and O–H groups in total. The molecule has 1 saturated carbocycles. The van der Waals surface area contributed by atoms with Crippen LogP contribution in [0.3, 0.4) is 0 Å². The number of aromatic nitrogens is 1. The summed E-state index contributed by atoms with van der Waals surface area (Å²) in [6.45, 7) is 2.19. The van der Waals surface area contributed by atoms with Crippen molar-refractivity contribution in [3.05, 3.63) is 15.6 Å². The number of hydrogen-bond donors (Lipinski definition) is 1. The first kappa shape index (κ1) is 15.7. The number of nitrogens with two attached hydrogens (primary N) is 1. The maximum Gasteiger partial charge on any atom is 0.434 e. The summed E-state index contributed by atoms with van der Waals surface area (Å²) in [7, 11) is 0. The standard InChI is InChI=1S/C13H19F3N2OS/c1-2-19-12(6-4-3-5-7-12)11-18-10(13(14,15)16)9(8-17)20-11/h2-8,17H2,1H3. The van der Waals surface area contributed by atoms with Gasteiger partial charge in [-0.3, -0.25) is 0 Å². The Hall–Kier alpha value is -0.660. The molecule has 1 aromatic rings. The van der Waals surface area contributed by atoms with Crippen LogP contribution in [-0.2, 0) is 23.1 Å². The van der Waals surface area contributed by atoms with Gasteiger partial charge in [-0.15, -0.1) is 11.3 Å². The van der Waals surface area contributed by atoms with Gasteiger partial charge in [-0.1, -0.05) is 19.3 Å². The van der Waals surface area contributed by atoms with Gasteiger partial charge in [-0.2, -0.15) is 13.2 Å². The van der Waals surface area contributed by atoms with Crippen LogP contribution in [0.25, 0.3) is 0 Å². The average molecular weight is 308 g/mol. The van der Waals surface area contributed by atoms with Crippen LogP contribution in [0.15, 0.2) is 0 Å². The zero-order chi connectivity index (χ0) is 14.8. The minimum absolute atomic E-state index is 0.0946. The Balaban J connectivity index is 2.41. The first-order valence-electron chi connectivity index (χ1n) is 6.84. The lowest BCUT2D eigenvalue weighted by atomic mass is 9.85. The third-order valence-corrected chi connectivity index (χ3v) is 4.89. The molecule has 1 aliphatic carbocycles. The van der Waals surface area contributed by atoms with Crippen molar-refractivity contribution in [2.75, 3.05) is 6.61 Å². The van der Waals surface area contributed by atoms with E-state index < -0.39 is 17.5 Å². The van der Waals surface area contributed by atoms with E-state index in [2.05, 4.69) is 4.98 Å². The lowest BCUT2D eigenvalue weighted by Gasteiger charge is -2.35. The highest BCUT2D eigenvalue weighted by molar-refractivity contribution is 7.11. The number of hydrogen-bond acceptors (Lipinski definition) is 4. The topological polar surface area (TPSA) is 48.1 Å². The van der Waals surface area contributed by atoms with Gasteiger partial charge < -0.3 is 10.5 Å². The SMILES string of the molecule is CCOC1(c2nc(C(F)(F)F)c(CN)s2)CCCCC1. The van der Waals surface area contributed by atoms with E-state index in [1.165, 1.54) is 0 Å². The van der Waals surface area contributed by atoms with Crippen molar-refractivity contribution >= 4 is 11.3 Å². The van der Waals surface area contributed by atoms with Crippen LogP contribution in [0.4, 0.5) is 13.2 Å². The Morgan fingerprint density at radius 2 is 1.95 bits per heavy atom. The molecule has 0 aliphatic heterocycles. The first-order chi connectivity index (χ1) is 9.43.